The first-order valence-corrected chi connectivity index (χ1v) is 10.3. The van der Waals surface area contributed by atoms with E-state index in [1.165, 1.54) is 12.8 Å². The predicted molar refractivity (Wildman–Crippen MR) is 116 cm³/mol. The van der Waals surface area contributed by atoms with Crippen molar-refractivity contribution in [2.24, 2.45) is 0 Å². The summed E-state index contributed by atoms with van der Waals surface area (Å²) in [5.74, 6) is 0.539. The van der Waals surface area contributed by atoms with Gasteiger partial charge in [-0.05, 0) is 55.1 Å². The molecule has 0 spiro atoms. The van der Waals surface area contributed by atoms with Gasteiger partial charge in [0.25, 0.3) is 0 Å². The molecule has 2 aliphatic heterocycles. The molecule has 0 N–H and O–H groups in total. The largest absolute Gasteiger partial charge is 0.497 e. The average molecular weight is 420 g/mol. The molecule has 4 nitrogen and oxygen atoms in total. The number of carbonyl (C=O) groups is 1. The lowest BCUT2D eigenvalue weighted by Crippen LogP contribution is -2.43. The van der Waals surface area contributed by atoms with E-state index in [0.29, 0.717) is 17.7 Å². The summed E-state index contributed by atoms with van der Waals surface area (Å²) < 4.78 is 11.2. The van der Waals surface area contributed by atoms with Crippen molar-refractivity contribution in [3.8, 4) is 5.75 Å². The summed E-state index contributed by atoms with van der Waals surface area (Å²) >= 11 is 1.61. The Balaban J connectivity index is 0.00000225. The molecule has 2 saturated heterocycles. The number of halogens is 1. The lowest BCUT2D eigenvalue weighted by atomic mass is 10.00. The molecule has 0 radical (unpaired) electrons. The van der Waals surface area contributed by atoms with Gasteiger partial charge in [0.2, 0.25) is 0 Å². The van der Waals surface area contributed by atoms with Crippen LogP contribution in [0.15, 0.2) is 41.8 Å². The summed E-state index contributed by atoms with van der Waals surface area (Å²) in [6.07, 6.45) is 6.24. The Morgan fingerprint density at radius 3 is 2.39 bits per heavy atom. The Morgan fingerprint density at radius 2 is 1.82 bits per heavy atom. The zero-order chi connectivity index (χ0) is 18.8. The van der Waals surface area contributed by atoms with E-state index in [1.54, 1.807) is 18.4 Å². The summed E-state index contributed by atoms with van der Waals surface area (Å²) in [5.41, 5.74) is 1.46. The minimum atomic E-state index is -0.234. The summed E-state index contributed by atoms with van der Waals surface area (Å²) in [6, 6.07) is 12.7. The van der Waals surface area contributed by atoms with E-state index in [0.717, 1.165) is 29.0 Å². The van der Waals surface area contributed by atoms with Crippen LogP contribution in [0.1, 0.15) is 36.1 Å². The van der Waals surface area contributed by atoms with Gasteiger partial charge in [0.1, 0.15) is 11.9 Å². The van der Waals surface area contributed by atoms with Gasteiger partial charge in [0.05, 0.1) is 12.7 Å². The van der Waals surface area contributed by atoms with Gasteiger partial charge in [-0.3, -0.25) is 0 Å². The van der Waals surface area contributed by atoms with E-state index < -0.39 is 0 Å². The number of ether oxygens (including phenoxy) is 2. The second kappa shape index (κ2) is 9.12. The lowest BCUT2D eigenvalue weighted by molar-refractivity contribution is -0.144. The van der Waals surface area contributed by atoms with Crippen molar-refractivity contribution in [1.82, 2.24) is 4.90 Å². The molecule has 3 atom stereocenters. The zero-order valence-electron chi connectivity index (χ0n) is 16.2. The number of thiophene rings is 1. The molecule has 150 valence electrons. The van der Waals surface area contributed by atoms with E-state index >= 15 is 0 Å². The molecule has 1 unspecified atom stereocenters. The third-order valence-electron chi connectivity index (χ3n) is 5.78. The van der Waals surface area contributed by atoms with E-state index in [4.69, 9.17) is 9.47 Å². The van der Waals surface area contributed by atoms with Crippen LogP contribution in [0.5, 0.6) is 5.75 Å². The Morgan fingerprint density at radius 1 is 1.14 bits per heavy atom. The van der Waals surface area contributed by atoms with Crippen LogP contribution in [0, 0.1) is 0 Å². The summed E-state index contributed by atoms with van der Waals surface area (Å²) in [6.45, 7) is 0. The van der Waals surface area contributed by atoms with Gasteiger partial charge in [-0.25, -0.2) is 4.79 Å². The summed E-state index contributed by atoms with van der Waals surface area (Å²) in [7, 11) is 3.83. The van der Waals surface area contributed by atoms with Crippen LogP contribution in [0.25, 0.3) is 11.6 Å². The van der Waals surface area contributed by atoms with Gasteiger partial charge in [-0.2, -0.15) is 0 Å². The zero-order valence-corrected chi connectivity index (χ0v) is 17.8. The normalized spacial score (nSPS) is 24.5. The number of rotatable bonds is 5. The molecule has 0 saturated carbocycles. The van der Waals surface area contributed by atoms with Gasteiger partial charge >= 0.3 is 5.97 Å². The number of hydrogen-bond acceptors (Lipinski definition) is 5. The van der Waals surface area contributed by atoms with Crippen LogP contribution in [-0.4, -0.2) is 43.2 Å². The Labute approximate surface area is 176 Å². The van der Waals surface area contributed by atoms with E-state index in [1.807, 2.05) is 47.9 Å². The highest BCUT2D eigenvalue weighted by molar-refractivity contribution is 7.11. The highest BCUT2D eigenvalue weighted by Crippen LogP contribution is 2.36. The molecule has 2 fully saturated rings. The van der Waals surface area contributed by atoms with Crippen LogP contribution in [-0.2, 0) is 9.53 Å². The Hall–Kier alpha value is -1.82. The lowest BCUT2D eigenvalue weighted by Gasteiger charge is -2.35. The molecule has 2 aliphatic rings. The maximum atomic E-state index is 13.1. The fourth-order valence-electron chi connectivity index (χ4n) is 4.22. The topological polar surface area (TPSA) is 38.8 Å². The van der Waals surface area contributed by atoms with Crippen molar-refractivity contribution in [3.63, 3.8) is 0 Å². The van der Waals surface area contributed by atoms with Crippen molar-refractivity contribution in [2.75, 3.05) is 14.2 Å². The number of carbonyl (C=O) groups excluding carboxylic acids is 1. The van der Waals surface area contributed by atoms with Crippen LogP contribution >= 0.6 is 23.7 Å². The molecule has 28 heavy (non-hydrogen) atoms. The molecule has 1 aromatic carbocycles. The minimum absolute atomic E-state index is 0. The van der Waals surface area contributed by atoms with Crippen molar-refractivity contribution < 1.29 is 14.3 Å². The summed E-state index contributed by atoms with van der Waals surface area (Å²) in [4.78, 5) is 16.6. The van der Waals surface area contributed by atoms with Crippen molar-refractivity contribution in [3.05, 3.63) is 52.2 Å². The standard InChI is InChI=1S/C22H25NO3S.ClH/c1-23-16-7-8-17(23)13-19(12-16)26-22(24)21(14-20-4-3-11-27-20)15-5-9-18(25-2)10-6-15;/h3-6,9-11,14,16-17,19H,7-8,12-13H2,1-2H3;1H/b21-14-;/t16-,17+,19?;. The highest BCUT2D eigenvalue weighted by atomic mass is 35.5. The third kappa shape index (κ3) is 4.43. The number of hydrogen-bond donors (Lipinski definition) is 0. The van der Waals surface area contributed by atoms with Gasteiger partial charge in [-0.1, -0.05) is 18.2 Å². The monoisotopic (exact) mass is 419 g/mol. The number of piperidine rings is 1. The molecule has 0 aliphatic carbocycles. The molecular formula is C22H26ClNO3S. The molecular weight excluding hydrogens is 394 g/mol. The molecule has 4 rings (SSSR count). The van der Waals surface area contributed by atoms with E-state index in [-0.39, 0.29) is 24.5 Å². The molecule has 3 heterocycles. The molecule has 0 amide bonds. The van der Waals surface area contributed by atoms with Crippen molar-refractivity contribution in [2.45, 2.75) is 43.9 Å². The number of nitrogens with zero attached hydrogens (tertiary/aromatic N) is 1. The van der Waals surface area contributed by atoms with Gasteiger partial charge in [0, 0.05) is 29.8 Å². The Bertz CT molecular complexity index is 805. The second-order valence-corrected chi connectivity index (χ2v) is 8.33. The number of esters is 1. The molecule has 2 bridgehead atoms. The van der Waals surface area contributed by atoms with E-state index in [2.05, 4.69) is 11.9 Å². The first kappa shape index (κ1) is 20.9. The first-order chi connectivity index (χ1) is 13.1. The van der Waals surface area contributed by atoms with Crippen LogP contribution in [0.4, 0.5) is 0 Å². The Kier molecular flexibility index (Phi) is 6.81. The fourth-order valence-corrected chi connectivity index (χ4v) is 4.88. The third-order valence-corrected chi connectivity index (χ3v) is 6.60. The number of fused-ring (bicyclic) bond motifs is 2. The van der Waals surface area contributed by atoms with Gasteiger partial charge in [-0.15, -0.1) is 23.7 Å². The molecule has 6 heteroatoms. The maximum Gasteiger partial charge on any atom is 0.339 e. The number of benzene rings is 1. The number of methoxy groups -OCH3 is 1. The highest BCUT2D eigenvalue weighted by Gasteiger charge is 2.40. The smallest absolute Gasteiger partial charge is 0.339 e. The minimum Gasteiger partial charge on any atom is -0.497 e. The quantitative estimate of drug-likeness (QED) is 0.511. The van der Waals surface area contributed by atoms with E-state index in [9.17, 15) is 4.79 Å². The fraction of sp³-hybridized carbons (Fsp3) is 0.409. The van der Waals surface area contributed by atoms with Crippen LogP contribution < -0.4 is 4.74 Å². The van der Waals surface area contributed by atoms with Crippen LogP contribution in [0.2, 0.25) is 0 Å². The average Bonchev–Trinajstić information content (AvgIpc) is 3.25. The van der Waals surface area contributed by atoms with Gasteiger partial charge < -0.3 is 14.4 Å². The maximum absolute atomic E-state index is 13.1. The second-order valence-electron chi connectivity index (χ2n) is 7.35. The first-order valence-electron chi connectivity index (χ1n) is 9.46. The predicted octanol–water partition coefficient (Wildman–Crippen LogP) is 4.89. The molecule has 2 aromatic rings. The summed E-state index contributed by atoms with van der Waals surface area (Å²) in [5, 5.41) is 2.01. The van der Waals surface area contributed by atoms with Crippen molar-refractivity contribution >= 4 is 41.4 Å². The van der Waals surface area contributed by atoms with Crippen LogP contribution in [0.3, 0.4) is 0 Å². The van der Waals surface area contributed by atoms with Gasteiger partial charge in [0.15, 0.2) is 0 Å². The van der Waals surface area contributed by atoms with Crippen molar-refractivity contribution in [1.29, 1.82) is 0 Å². The molecule has 1 aromatic heterocycles. The SMILES string of the molecule is COc1ccc(/C(=C/c2cccs2)C(=O)OC2C[C@H]3CC[C@@H](C2)N3C)cc1.Cl.